The molecule has 1 aliphatic rings. The summed E-state index contributed by atoms with van der Waals surface area (Å²) < 4.78 is 6.56. The van der Waals surface area contributed by atoms with E-state index in [0.717, 1.165) is 50.1 Å². The zero-order valence-corrected chi connectivity index (χ0v) is 25.3. The minimum Gasteiger partial charge on any atom is -0.455 e. The van der Waals surface area contributed by atoms with Gasteiger partial charge in [-0.15, -0.1) is 0 Å². The van der Waals surface area contributed by atoms with Crippen LogP contribution < -0.4 is 4.90 Å². The van der Waals surface area contributed by atoms with Crippen LogP contribution in [0.2, 0.25) is 0 Å². The highest BCUT2D eigenvalue weighted by Gasteiger charge is 2.36. The summed E-state index contributed by atoms with van der Waals surface area (Å²) in [5, 5.41) is 4.69. The van der Waals surface area contributed by atoms with Crippen LogP contribution in [0.3, 0.4) is 0 Å². The molecule has 45 heavy (non-hydrogen) atoms. The Morgan fingerprint density at radius 1 is 0.467 bits per heavy atom. The molecule has 214 valence electrons. The van der Waals surface area contributed by atoms with Crippen LogP contribution in [0.15, 0.2) is 156 Å². The Kier molecular flexibility index (Phi) is 5.58. The molecule has 0 radical (unpaired) electrons. The van der Waals surface area contributed by atoms with Crippen LogP contribution in [0.5, 0.6) is 0 Å². The van der Waals surface area contributed by atoms with Crippen molar-refractivity contribution in [3.63, 3.8) is 0 Å². The normalized spacial score (nSPS) is 13.3. The lowest BCUT2D eigenvalue weighted by Crippen LogP contribution is -2.17. The first-order valence-electron chi connectivity index (χ1n) is 15.6. The van der Waals surface area contributed by atoms with Gasteiger partial charge in [0.25, 0.3) is 0 Å². The molecule has 1 aliphatic carbocycles. The van der Waals surface area contributed by atoms with Crippen molar-refractivity contribution in [1.82, 2.24) is 0 Å². The van der Waals surface area contributed by atoms with Gasteiger partial charge in [0.1, 0.15) is 11.2 Å². The molecule has 1 aromatic heterocycles. The second-order valence-electron chi connectivity index (χ2n) is 12.5. The number of furan rings is 1. The molecule has 0 amide bonds. The summed E-state index contributed by atoms with van der Waals surface area (Å²) >= 11 is 0. The van der Waals surface area contributed by atoms with Crippen molar-refractivity contribution in [1.29, 1.82) is 0 Å². The largest absolute Gasteiger partial charge is 0.455 e. The molecule has 1 heterocycles. The highest BCUT2D eigenvalue weighted by atomic mass is 16.3. The number of rotatable bonds is 4. The molecule has 0 N–H and O–H groups in total. The average molecular weight is 578 g/mol. The summed E-state index contributed by atoms with van der Waals surface area (Å²) in [5.74, 6) is 0. The monoisotopic (exact) mass is 577 g/mol. The van der Waals surface area contributed by atoms with Gasteiger partial charge in [0.05, 0.1) is 11.4 Å². The molecule has 0 fully saturated rings. The van der Waals surface area contributed by atoms with E-state index in [2.05, 4.69) is 164 Å². The lowest BCUT2D eigenvalue weighted by molar-refractivity contribution is 0.660. The molecule has 7 aromatic carbocycles. The molecular weight excluding hydrogens is 546 g/mol. The SMILES string of the molecule is CC1(C)c2ccccc2-c2ccc(N(c3ccccc3-c3cccc4c3oc3ccccc34)c3cccc4ccccc34)cc21. The maximum atomic E-state index is 6.56. The van der Waals surface area contributed by atoms with Gasteiger partial charge in [-0.2, -0.15) is 0 Å². The molecule has 0 atom stereocenters. The number of benzene rings is 7. The van der Waals surface area contributed by atoms with Gasteiger partial charge in [0, 0.05) is 38.4 Å². The minimum atomic E-state index is -0.105. The summed E-state index contributed by atoms with van der Waals surface area (Å²) in [6.07, 6.45) is 0. The van der Waals surface area contributed by atoms with Crippen molar-refractivity contribution in [2.24, 2.45) is 0 Å². The average Bonchev–Trinajstić information content (AvgIpc) is 3.58. The van der Waals surface area contributed by atoms with E-state index >= 15 is 0 Å². The van der Waals surface area contributed by atoms with Crippen LogP contribution in [-0.4, -0.2) is 0 Å². The van der Waals surface area contributed by atoms with Crippen molar-refractivity contribution in [2.75, 3.05) is 4.90 Å². The number of hydrogen-bond acceptors (Lipinski definition) is 2. The summed E-state index contributed by atoms with van der Waals surface area (Å²) in [6, 6.07) is 54.7. The Labute approximate surface area is 262 Å². The van der Waals surface area contributed by atoms with E-state index in [1.165, 1.54) is 33.0 Å². The van der Waals surface area contributed by atoms with Gasteiger partial charge in [0.2, 0.25) is 0 Å². The van der Waals surface area contributed by atoms with Crippen LogP contribution in [0.25, 0.3) is 55.0 Å². The molecule has 0 saturated heterocycles. The van der Waals surface area contributed by atoms with Crippen molar-refractivity contribution in [3.8, 4) is 22.3 Å². The topological polar surface area (TPSA) is 16.4 Å². The zero-order chi connectivity index (χ0) is 30.1. The fourth-order valence-corrected chi connectivity index (χ4v) is 7.50. The number of para-hydroxylation sites is 3. The summed E-state index contributed by atoms with van der Waals surface area (Å²) in [5.41, 5.74) is 12.7. The van der Waals surface area contributed by atoms with E-state index in [1.54, 1.807) is 0 Å². The smallest absolute Gasteiger partial charge is 0.143 e. The number of nitrogens with zero attached hydrogens (tertiary/aromatic N) is 1. The molecule has 8 aromatic rings. The number of fused-ring (bicyclic) bond motifs is 7. The van der Waals surface area contributed by atoms with Crippen LogP contribution in [0.4, 0.5) is 17.1 Å². The lowest BCUT2D eigenvalue weighted by atomic mass is 9.82. The summed E-state index contributed by atoms with van der Waals surface area (Å²) in [6.45, 7) is 4.69. The van der Waals surface area contributed by atoms with E-state index in [1.807, 2.05) is 6.07 Å². The zero-order valence-electron chi connectivity index (χ0n) is 25.3. The predicted octanol–water partition coefficient (Wildman–Crippen LogP) is 12.2. The van der Waals surface area contributed by atoms with Crippen LogP contribution in [-0.2, 0) is 5.41 Å². The first-order chi connectivity index (χ1) is 22.1. The van der Waals surface area contributed by atoms with Gasteiger partial charge in [-0.25, -0.2) is 0 Å². The summed E-state index contributed by atoms with van der Waals surface area (Å²) in [4.78, 5) is 2.44. The quantitative estimate of drug-likeness (QED) is 0.207. The molecule has 2 heteroatoms. The Balaban J connectivity index is 1.33. The fourth-order valence-electron chi connectivity index (χ4n) is 7.50. The third kappa shape index (κ3) is 3.82. The Morgan fingerprint density at radius 3 is 2.00 bits per heavy atom. The van der Waals surface area contributed by atoms with Gasteiger partial charge >= 0.3 is 0 Å². The Bertz CT molecular complexity index is 2420. The Hall–Kier alpha value is -5.60. The molecule has 0 unspecified atom stereocenters. The summed E-state index contributed by atoms with van der Waals surface area (Å²) in [7, 11) is 0. The van der Waals surface area contributed by atoms with Crippen molar-refractivity contribution >= 4 is 49.8 Å². The standard InChI is InChI=1S/C43H31NO/c1-43(2)37-21-8-5-16-31(37)32-26-25-29(27-38(32)43)44(39-23-11-14-28-13-3-4-15-30(28)39)40-22-9-6-17-33(40)35-19-12-20-36-34-18-7-10-24-41(34)45-42(35)36/h3-27H,1-2H3. The Morgan fingerprint density at radius 2 is 1.09 bits per heavy atom. The maximum Gasteiger partial charge on any atom is 0.143 e. The third-order valence-corrected chi connectivity index (χ3v) is 9.67. The first kappa shape index (κ1) is 25.9. The third-order valence-electron chi connectivity index (χ3n) is 9.67. The second-order valence-corrected chi connectivity index (χ2v) is 12.5. The number of anilines is 3. The molecule has 0 saturated carbocycles. The minimum absolute atomic E-state index is 0.105. The molecule has 0 bridgehead atoms. The molecule has 0 aliphatic heterocycles. The van der Waals surface area contributed by atoms with Crippen molar-refractivity contribution in [3.05, 3.63) is 163 Å². The predicted molar refractivity (Wildman–Crippen MR) is 189 cm³/mol. The highest BCUT2D eigenvalue weighted by molar-refractivity contribution is 6.11. The lowest BCUT2D eigenvalue weighted by Gasteiger charge is -2.30. The number of hydrogen-bond donors (Lipinski definition) is 0. The van der Waals surface area contributed by atoms with Crippen LogP contribution in [0, 0.1) is 0 Å². The van der Waals surface area contributed by atoms with E-state index in [4.69, 9.17) is 4.42 Å². The van der Waals surface area contributed by atoms with E-state index in [0.29, 0.717) is 0 Å². The van der Waals surface area contributed by atoms with Crippen LogP contribution >= 0.6 is 0 Å². The van der Waals surface area contributed by atoms with Gasteiger partial charge in [-0.05, 0) is 58.0 Å². The van der Waals surface area contributed by atoms with Gasteiger partial charge in [-0.3, -0.25) is 0 Å². The van der Waals surface area contributed by atoms with E-state index < -0.39 is 0 Å². The first-order valence-corrected chi connectivity index (χ1v) is 15.6. The second kappa shape index (κ2) is 9.70. The fraction of sp³-hybridized carbons (Fsp3) is 0.0698. The van der Waals surface area contributed by atoms with Crippen molar-refractivity contribution < 1.29 is 4.42 Å². The van der Waals surface area contributed by atoms with Gasteiger partial charge in [0.15, 0.2) is 0 Å². The van der Waals surface area contributed by atoms with E-state index in [-0.39, 0.29) is 5.41 Å². The molecular formula is C43H31NO. The van der Waals surface area contributed by atoms with E-state index in [9.17, 15) is 0 Å². The highest BCUT2D eigenvalue weighted by Crippen LogP contribution is 2.52. The molecule has 9 rings (SSSR count). The van der Waals surface area contributed by atoms with Crippen molar-refractivity contribution in [2.45, 2.75) is 19.3 Å². The van der Waals surface area contributed by atoms with Gasteiger partial charge < -0.3 is 9.32 Å². The van der Waals surface area contributed by atoms with Crippen LogP contribution in [0.1, 0.15) is 25.0 Å². The van der Waals surface area contributed by atoms with Gasteiger partial charge in [-0.1, -0.05) is 135 Å². The molecule has 0 spiro atoms. The maximum absolute atomic E-state index is 6.56. The molecule has 2 nitrogen and oxygen atoms in total.